The molecule has 2 aromatic rings. The van der Waals surface area contributed by atoms with Gasteiger partial charge in [0.15, 0.2) is 0 Å². The molecule has 0 saturated carbocycles. The van der Waals surface area contributed by atoms with E-state index in [-0.39, 0.29) is 0 Å². The second-order valence-corrected chi connectivity index (χ2v) is 7.74. The summed E-state index contributed by atoms with van der Waals surface area (Å²) in [6.45, 7) is 1.72. The molecule has 4 heteroatoms. The molecule has 1 heterocycles. The van der Waals surface area contributed by atoms with Crippen LogP contribution in [0.3, 0.4) is 0 Å². The first kappa shape index (κ1) is 11.9. The summed E-state index contributed by atoms with van der Waals surface area (Å²) < 4.78 is 17.3. The Kier molecular flexibility index (Phi) is 2.78. The lowest BCUT2D eigenvalue weighted by Gasteiger charge is -2.26. The summed E-state index contributed by atoms with van der Waals surface area (Å²) in [7, 11) is 1.32. The normalized spacial score (nSPS) is 20.6. The van der Waals surface area contributed by atoms with Crippen molar-refractivity contribution >= 4 is 23.5 Å². The number of likely N-dealkylation sites (N-methyl/N-ethyl adjacent to an activating group) is 2. The lowest BCUT2D eigenvalue weighted by molar-refractivity contribution is 0.501. The van der Waals surface area contributed by atoms with E-state index in [2.05, 4.69) is 18.2 Å². The van der Waals surface area contributed by atoms with Crippen LogP contribution in [-0.2, 0) is 4.57 Å². The third-order valence-electron chi connectivity index (χ3n) is 3.75. The van der Waals surface area contributed by atoms with E-state index in [4.69, 9.17) is 0 Å². The molecule has 0 aliphatic carbocycles. The number of hydrogen-bond acceptors (Lipinski definition) is 1. The van der Waals surface area contributed by atoms with Crippen LogP contribution in [0.15, 0.2) is 42.5 Å². The molecule has 3 rings (SSSR count). The van der Waals surface area contributed by atoms with Gasteiger partial charge in [-0.3, -0.25) is 4.57 Å². The molecule has 0 aromatic heterocycles. The highest BCUT2D eigenvalue weighted by Gasteiger charge is 2.40. The summed E-state index contributed by atoms with van der Waals surface area (Å²) in [6.07, 6.45) is 0. The minimum atomic E-state index is -2.58. The molecule has 0 N–H and O–H groups in total. The van der Waals surface area contributed by atoms with Gasteiger partial charge in [0.2, 0.25) is 7.44 Å². The molecule has 0 spiro atoms. The number of rotatable bonds is 1. The molecule has 0 unspecified atom stereocenters. The van der Waals surface area contributed by atoms with Crippen molar-refractivity contribution in [3.05, 3.63) is 42.5 Å². The minimum absolute atomic E-state index is 0.858. The summed E-state index contributed by atoms with van der Waals surface area (Å²) in [5, 5.41) is 3.21. The molecule has 1 fully saturated rings. The zero-order chi connectivity index (χ0) is 12.8. The molecule has 3 nitrogen and oxygen atoms in total. The van der Waals surface area contributed by atoms with Crippen molar-refractivity contribution in [2.24, 2.45) is 0 Å². The molecular weight excluding hydrogens is 243 g/mol. The van der Waals surface area contributed by atoms with Crippen LogP contribution in [0.4, 0.5) is 0 Å². The van der Waals surface area contributed by atoms with Gasteiger partial charge in [0.05, 0.1) is 0 Å². The highest BCUT2D eigenvalue weighted by Crippen LogP contribution is 2.54. The van der Waals surface area contributed by atoms with Crippen molar-refractivity contribution < 1.29 is 4.57 Å². The lowest BCUT2D eigenvalue weighted by Crippen LogP contribution is -2.23. The van der Waals surface area contributed by atoms with Crippen molar-refractivity contribution in [3.63, 3.8) is 0 Å². The van der Waals surface area contributed by atoms with Gasteiger partial charge in [0.1, 0.15) is 0 Å². The second kappa shape index (κ2) is 4.20. The third-order valence-corrected chi connectivity index (χ3v) is 7.02. The molecule has 1 aliphatic heterocycles. The van der Waals surface area contributed by atoms with Crippen molar-refractivity contribution in [1.29, 1.82) is 0 Å². The van der Waals surface area contributed by atoms with Gasteiger partial charge in [0.25, 0.3) is 0 Å². The largest absolute Gasteiger partial charge is 0.284 e. The van der Waals surface area contributed by atoms with E-state index in [0.29, 0.717) is 0 Å². The van der Waals surface area contributed by atoms with Gasteiger partial charge >= 0.3 is 0 Å². The van der Waals surface area contributed by atoms with Crippen LogP contribution >= 0.6 is 7.44 Å². The van der Waals surface area contributed by atoms with E-state index in [0.717, 1.165) is 29.2 Å². The average Bonchev–Trinajstić information content (AvgIpc) is 2.67. The van der Waals surface area contributed by atoms with Gasteiger partial charge in [0, 0.05) is 18.4 Å². The molecule has 0 bridgehead atoms. The monoisotopic (exact) mass is 260 g/mol. The van der Waals surface area contributed by atoms with Crippen LogP contribution < -0.4 is 5.30 Å². The van der Waals surface area contributed by atoms with E-state index in [1.807, 2.05) is 47.7 Å². The van der Waals surface area contributed by atoms with Gasteiger partial charge < -0.3 is 0 Å². The van der Waals surface area contributed by atoms with Crippen molar-refractivity contribution in [1.82, 2.24) is 9.34 Å². The summed E-state index contributed by atoms with van der Waals surface area (Å²) >= 11 is 0. The van der Waals surface area contributed by atoms with Crippen LogP contribution in [0.5, 0.6) is 0 Å². The SMILES string of the molecule is CN1CCN(C)P1(=O)c1cccc2ccccc12. The van der Waals surface area contributed by atoms with E-state index < -0.39 is 7.44 Å². The molecule has 1 aliphatic rings. The molecule has 0 radical (unpaired) electrons. The van der Waals surface area contributed by atoms with Crippen molar-refractivity contribution in [3.8, 4) is 0 Å². The van der Waals surface area contributed by atoms with Gasteiger partial charge in [-0.05, 0) is 30.9 Å². The fourth-order valence-electron chi connectivity index (χ4n) is 2.65. The van der Waals surface area contributed by atoms with E-state index in [1.165, 1.54) is 0 Å². The Morgan fingerprint density at radius 1 is 0.944 bits per heavy atom. The topological polar surface area (TPSA) is 23.6 Å². The Labute approximate surface area is 107 Å². The fourth-order valence-corrected chi connectivity index (χ4v) is 5.43. The molecule has 0 amide bonds. The highest BCUT2D eigenvalue weighted by atomic mass is 31.2. The maximum absolute atomic E-state index is 13.3. The number of hydrogen-bond donors (Lipinski definition) is 0. The molecule has 2 aromatic carbocycles. The zero-order valence-corrected chi connectivity index (χ0v) is 11.6. The van der Waals surface area contributed by atoms with Gasteiger partial charge in [-0.15, -0.1) is 0 Å². The smallest absolute Gasteiger partial charge is 0.245 e. The molecular formula is C14H17N2OP. The highest BCUT2D eigenvalue weighted by molar-refractivity contribution is 7.67. The lowest BCUT2D eigenvalue weighted by atomic mass is 10.1. The maximum atomic E-state index is 13.3. The van der Waals surface area contributed by atoms with E-state index >= 15 is 0 Å². The van der Waals surface area contributed by atoms with Gasteiger partial charge in [-0.25, -0.2) is 9.34 Å². The Balaban J connectivity index is 2.29. The predicted octanol–water partition coefficient (Wildman–Crippen LogP) is 2.54. The first-order chi connectivity index (χ1) is 8.64. The molecule has 94 valence electrons. The Hall–Kier alpha value is -1.15. The Morgan fingerprint density at radius 3 is 2.28 bits per heavy atom. The second-order valence-electron chi connectivity index (χ2n) is 4.80. The van der Waals surface area contributed by atoms with Crippen molar-refractivity contribution in [2.75, 3.05) is 27.2 Å². The van der Waals surface area contributed by atoms with Crippen LogP contribution in [0.1, 0.15) is 0 Å². The first-order valence-corrected chi connectivity index (χ1v) is 7.77. The Morgan fingerprint density at radius 2 is 1.56 bits per heavy atom. The number of nitrogens with zero attached hydrogens (tertiary/aromatic N) is 2. The van der Waals surface area contributed by atoms with Gasteiger partial charge in [-0.1, -0.05) is 36.4 Å². The van der Waals surface area contributed by atoms with Crippen LogP contribution in [0.2, 0.25) is 0 Å². The van der Waals surface area contributed by atoms with Crippen LogP contribution in [0, 0.1) is 0 Å². The summed E-state index contributed by atoms with van der Waals surface area (Å²) in [5.74, 6) is 0. The fraction of sp³-hybridized carbons (Fsp3) is 0.286. The number of benzene rings is 2. The van der Waals surface area contributed by atoms with Crippen LogP contribution in [-0.4, -0.2) is 36.5 Å². The summed E-state index contributed by atoms with van der Waals surface area (Å²) in [6, 6.07) is 14.2. The summed E-state index contributed by atoms with van der Waals surface area (Å²) in [5.41, 5.74) is 0. The van der Waals surface area contributed by atoms with E-state index in [1.54, 1.807) is 0 Å². The van der Waals surface area contributed by atoms with Crippen LogP contribution in [0.25, 0.3) is 10.8 Å². The molecule has 18 heavy (non-hydrogen) atoms. The molecule has 1 saturated heterocycles. The minimum Gasteiger partial charge on any atom is -0.284 e. The third kappa shape index (κ3) is 1.55. The van der Waals surface area contributed by atoms with E-state index in [9.17, 15) is 4.57 Å². The standard InChI is InChI=1S/C14H17N2OP/c1-15-10-11-16(2)18(15,17)14-9-5-7-12-6-3-4-8-13(12)14/h3-9H,10-11H2,1-2H3. The zero-order valence-electron chi connectivity index (χ0n) is 10.7. The summed E-state index contributed by atoms with van der Waals surface area (Å²) in [4.78, 5) is 0. The maximum Gasteiger partial charge on any atom is 0.245 e. The quantitative estimate of drug-likeness (QED) is 0.736. The molecule has 0 atom stereocenters. The van der Waals surface area contributed by atoms with Crippen molar-refractivity contribution in [2.45, 2.75) is 0 Å². The first-order valence-electron chi connectivity index (χ1n) is 6.15. The number of fused-ring (bicyclic) bond motifs is 1. The Bertz CT molecular complexity index is 621. The average molecular weight is 260 g/mol. The predicted molar refractivity (Wildman–Crippen MR) is 76.4 cm³/mol. The van der Waals surface area contributed by atoms with Gasteiger partial charge in [-0.2, -0.15) is 0 Å².